The van der Waals surface area contributed by atoms with E-state index >= 15 is 0 Å². The number of ether oxygens (including phenoxy) is 1. The number of hydrogen-bond donors (Lipinski definition) is 2. The van der Waals surface area contributed by atoms with Crippen molar-refractivity contribution in [1.29, 1.82) is 0 Å². The van der Waals surface area contributed by atoms with Gasteiger partial charge in [0.1, 0.15) is 0 Å². The third-order valence-corrected chi connectivity index (χ3v) is 6.44. The fourth-order valence-corrected chi connectivity index (χ4v) is 4.40. The average molecular weight is 456 g/mol. The predicted molar refractivity (Wildman–Crippen MR) is 127 cm³/mol. The quantitative estimate of drug-likeness (QED) is 0.479. The lowest BCUT2D eigenvalue weighted by Gasteiger charge is -2.29. The molecule has 0 aromatic carbocycles. The third kappa shape index (κ3) is 5.01. The first kappa shape index (κ1) is 23.2. The summed E-state index contributed by atoms with van der Waals surface area (Å²) in [7, 11) is 0. The molecule has 0 aliphatic carbocycles. The van der Waals surface area contributed by atoms with Crippen LogP contribution in [0.5, 0.6) is 0 Å². The molecule has 1 amide bonds. The summed E-state index contributed by atoms with van der Waals surface area (Å²) in [5.41, 5.74) is 2.37. The second kappa shape index (κ2) is 10.3. The molecule has 0 spiro atoms. The van der Waals surface area contributed by atoms with Crippen LogP contribution in [-0.2, 0) is 9.53 Å². The zero-order valence-corrected chi connectivity index (χ0v) is 19.4. The van der Waals surface area contributed by atoms with E-state index in [4.69, 9.17) is 15.0 Å². The Hall–Kier alpha value is -2.98. The molecule has 2 saturated heterocycles. The number of nitrogens with two attached hydrogens (primary N) is 1. The molecule has 4 heterocycles. The molecule has 0 bridgehead atoms. The molecule has 0 unspecified atom stereocenters. The maximum atomic E-state index is 11.6. The van der Waals surface area contributed by atoms with Gasteiger partial charge in [-0.2, -0.15) is 0 Å². The number of rotatable bonds is 7. The lowest BCUT2D eigenvalue weighted by Crippen LogP contribution is -2.36. The minimum atomic E-state index is 0.104. The standard InChI is InChI=1S/C23H33N7O3/c1-4-18-20(26-17-8-12-32-13-9-17)19(14-25-21(18)30(24)5-2)23-28-27-22(33-23)16-6-10-29(11-7-16)15(3)31/h4,14,16-17H,1,5-13,24H2,2-3H3,(H,25,26). The molecule has 178 valence electrons. The monoisotopic (exact) mass is 455 g/mol. The second-order valence-corrected chi connectivity index (χ2v) is 8.53. The van der Waals surface area contributed by atoms with Crippen LogP contribution in [0.3, 0.4) is 0 Å². The van der Waals surface area contributed by atoms with E-state index in [-0.39, 0.29) is 17.9 Å². The van der Waals surface area contributed by atoms with Gasteiger partial charge in [0.2, 0.25) is 11.8 Å². The topological polar surface area (TPSA) is 123 Å². The highest BCUT2D eigenvalue weighted by Gasteiger charge is 2.28. The first-order chi connectivity index (χ1) is 16.0. The van der Waals surface area contributed by atoms with Gasteiger partial charge >= 0.3 is 0 Å². The number of nitrogens with zero attached hydrogens (tertiary/aromatic N) is 5. The summed E-state index contributed by atoms with van der Waals surface area (Å²) < 4.78 is 11.7. The molecule has 2 aliphatic heterocycles. The van der Waals surface area contributed by atoms with Crippen LogP contribution in [0.4, 0.5) is 11.5 Å². The third-order valence-electron chi connectivity index (χ3n) is 6.44. The van der Waals surface area contributed by atoms with E-state index in [2.05, 4.69) is 27.1 Å². The molecule has 10 nitrogen and oxygen atoms in total. The van der Waals surface area contributed by atoms with Crippen LogP contribution < -0.4 is 16.2 Å². The molecule has 4 rings (SSSR count). The van der Waals surface area contributed by atoms with Crippen LogP contribution in [-0.4, -0.2) is 64.9 Å². The van der Waals surface area contributed by atoms with E-state index < -0.39 is 0 Å². The Morgan fingerprint density at radius 1 is 1.30 bits per heavy atom. The number of nitrogens with one attached hydrogen (secondary N) is 1. The Morgan fingerprint density at radius 3 is 2.67 bits per heavy atom. The van der Waals surface area contributed by atoms with Gasteiger partial charge < -0.3 is 19.4 Å². The van der Waals surface area contributed by atoms with E-state index in [0.717, 1.165) is 55.7 Å². The van der Waals surface area contributed by atoms with Gasteiger partial charge in [0.05, 0.1) is 11.3 Å². The van der Waals surface area contributed by atoms with Gasteiger partial charge in [-0.15, -0.1) is 10.2 Å². The van der Waals surface area contributed by atoms with Crippen molar-refractivity contribution < 1.29 is 13.9 Å². The molecule has 2 aromatic rings. The normalized spacial score (nSPS) is 17.7. The van der Waals surface area contributed by atoms with E-state index in [1.165, 1.54) is 0 Å². The number of amides is 1. The van der Waals surface area contributed by atoms with E-state index in [0.29, 0.717) is 37.2 Å². The molecule has 10 heteroatoms. The minimum absolute atomic E-state index is 0.104. The van der Waals surface area contributed by atoms with Crippen molar-refractivity contribution in [1.82, 2.24) is 20.1 Å². The molecule has 0 saturated carbocycles. The number of carbonyl (C=O) groups is 1. The van der Waals surface area contributed by atoms with E-state index in [1.54, 1.807) is 24.2 Å². The van der Waals surface area contributed by atoms with Crippen molar-refractivity contribution in [3.8, 4) is 11.5 Å². The lowest BCUT2D eigenvalue weighted by atomic mass is 9.97. The highest BCUT2D eigenvalue weighted by Crippen LogP contribution is 2.37. The summed E-state index contributed by atoms with van der Waals surface area (Å²) in [6.07, 6.45) is 6.91. The second-order valence-electron chi connectivity index (χ2n) is 8.53. The molecule has 2 fully saturated rings. The number of pyridine rings is 1. The van der Waals surface area contributed by atoms with Crippen LogP contribution >= 0.6 is 0 Å². The number of carbonyl (C=O) groups excluding carboxylic acids is 1. The summed E-state index contributed by atoms with van der Waals surface area (Å²) >= 11 is 0. The first-order valence-electron chi connectivity index (χ1n) is 11.6. The Kier molecular flexibility index (Phi) is 7.24. The number of hydrogen-bond acceptors (Lipinski definition) is 9. The minimum Gasteiger partial charge on any atom is -0.420 e. The van der Waals surface area contributed by atoms with Crippen LogP contribution in [0.25, 0.3) is 17.5 Å². The Bertz CT molecular complexity index is 978. The fourth-order valence-electron chi connectivity index (χ4n) is 4.40. The van der Waals surface area contributed by atoms with Crippen LogP contribution in [0.1, 0.15) is 56.9 Å². The number of piperidine rings is 1. The first-order valence-corrected chi connectivity index (χ1v) is 11.6. The van der Waals surface area contributed by atoms with Crippen LogP contribution in [0.2, 0.25) is 0 Å². The van der Waals surface area contributed by atoms with Crippen molar-refractivity contribution in [2.24, 2.45) is 5.84 Å². The summed E-state index contributed by atoms with van der Waals surface area (Å²) in [4.78, 5) is 18.1. The number of likely N-dealkylation sites (tertiary alicyclic amines) is 1. The summed E-state index contributed by atoms with van der Waals surface area (Å²) in [6.45, 7) is 11.0. The van der Waals surface area contributed by atoms with Gasteiger partial charge in [-0.1, -0.05) is 12.7 Å². The highest BCUT2D eigenvalue weighted by atomic mass is 16.5. The van der Waals surface area contributed by atoms with Gasteiger partial charge in [-0.05, 0) is 32.6 Å². The highest BCUT2D eigenvalue weighted by molar-refractivity contribution is 5.86. The Balaban J connectivity index is 1.65. The Labute approximate surface area is 194 Å². The van der Waals surface area contributed by atoms with Gasteiger partial charge in [0, 0.05) is 63.5 Å². The largest absolute Gasteiger partial charge is 0.420 e. The molecule has 0 radical (unpaired) electrons. The Morgan fingerprint density at radius 2 is 2.03 bits per heavy atom. The summed E-state index contributed by atoms with van der Waals surface area (Å²) in [6, 6.07) is 0.248. The van der Waals surface area contributed by atoms with E-state index in [1.807, 2.05) is 11.8 Å². The van der Waals surface area contributed by atoms with Gasteiger partial charge in [0.15, 0.2) is 5.82 Å². The number of hydrazine groups is 1. The number of anilines is 2. The van der Waals surface area contributed by atoms with Crippen molar-refractivity contribution in [2.45, 2.75) is 51.5 Å². The molecule has 2 aliphatic rings. The summed E-state index contributed by atoms with van der Waals surface area (Å²) in [5.74, 6) is 8.09. The van der Waals surface area contributed by atoms with Gasteiger partial charge in [-0.3, -0.25) is 9.80 Å². The van der Waals surface area contributed by atoms with Crippen molar-refractivity contribution in [2.75, 3.05) is 43.2 Å². The lowest BCUT2D eigenvalue weighted by molar-refractivity contribution is -0.129. The van der Waals surface area contributed by atoms with Crippen LogP contribution in [0, 0.1) is 0 Å². The van der Waals surface area contributed by atoms with Crippen molar-refractivity contribution >= 4 is 23.5 Å². The SMILES string of the molecule is C=Cc1c(N(N)CC)ncc(-c2nnc(C3CCN(C(C)=O)CC3)o2)c1NC1CCOCC1. The molecule has 33 heavy (non-hydrogen) atoms. The predicted octanol–water partition coefficient (Wildman–Crippen LogP) is 2.79. The fraction of sp³-hybridized carbons (Fsp3) is 0.565. The van der Waals surface area contributed by atoms with Gasteiger partial charge in [-0.25, -0.2) is 10.8 Å². The smallest absolute Gasteiger partial charge is 0.251 e. The molecule has 3 N–H and O–H groups in total. The zero-order chi connectivity index (χ0) is 23.4. The van der Waals surface area contributed by atoms with Crippen molar-refractivity contribution in [3.05, 3.63) is 24.2 Å². The maximum Gasteiger partial charge on any atom is 0.251 e. The molecule has 2 aromatic heterocycles. The molecule has 0 atom stereocenters. The molecular weight excluding hydrogens is 422 g/mol. The summed E-state index contributed by atoms with van der Waals surface area (Å²) in [5, 5.41) is 13.9. The molecular formula is C23H33N7O3. The zero-order valence-electron chi connectivity index (χ0n) is 19.4. The van der Waals surface area contributed by atoms with Crippen LogP contribution in [0.15, 0.2) is 17.2 Å². The van der Waals surface area contributed by atoms with Gasteiger partial charge in [0.25, 0.3) is 5.89 Å². The maximum absolute atomic E-state index is 11.6. The van der Waals surface area contributed by atoms with E-state index in [9.17, 15) is 4.79 Å². The average Bonchev–Trinajstić information content (AvgIpc) is 3.34. The number of aromatic nitrogens is 3. The van der Waals surface area contributed by atoms with Crippen molar-refractivity contribution in [3.63, 3.8) is 0 Å².